The van der Waals surface area contributed by atoms with Crippen molar-refractivity contribution in [3.05, 3.63) is 21.3 Å². The smallest absolute Gasteiger partial charge is 0.169 e. The number of carbonyl (C=O) groups is 1. The Hall–Kier alpha value is -0.380. The highest BCUT2D eigenvalue weighted by atomic mass is 35.5. The van der Waals surface area contributed by atoms with Gasteiger partial charge in [0.2, 0.25) is 0 Å². The second kappa shape index (κ2) is 5.10. The average molecular weight is 247 g/mol. The van der Waals surface area contributed by atoms with Crippen molar-refractivity contribution in [1.29, 1.82) is 0 Å². The molecule has 84 valence electrons. The van der Waals surface area contributed by atoms with Gasteiger partial charge in [0.05, 0.1) is 4.34 Å². The first-order valence-corrected chi connectivity index (χ1v) is 6.21. The molecule has 15 heavy (non-hydrogen) atoms. The first-order valence-electron chi connectivity index (χ1n) is 5.01. The number of hydrogen-bond acceptors (Lipinski definition) is 3. The zero-order valence-corrected chi connectivity index (χ0v) is 10.5. The maximum absolute atomic E-state index is 11.8. The van der Waals surface area contributed by atoms with Crippen molar-refractivity contribution in [1.82, 2.24) is 0 Å². The van der Waals surface area contributed by atoms with E-state index in [-0.39, 0.29) is 12.2 Å². The van der Waals surface area contributed by atoms with E-state index in [0.717, 1.165) is 4.88 Å². The molecule has 0 saturated carbocycles. The fraction of sp³-hybridized carbons (Fsp3) is 0.545. The highest BCUT2D eigenvalue weighted by Crippen LogP contribution is 2.25. The summed E-state index contributed by atoms with van der Waals surface area (Å²) < 4.78 is 0.675. The second-order valence-electron chi connectivity index (χ2n) is 3.54. The summed E-state index contributed by atoms with van der Waals surface area (Å²) >= 11 is 7.16. The fourth-order valence-electron chi connectivity index (χ4n) is 1.41. The van der Waals surface area contributed by atoms with Gasteiger partial charge < -0.3 is 5.11 Å². The molecule has 0 atom stereocenters. The molecule has 0 saturated heterocycles. The third kappa shape index (κ3) is 3.03. The van der Waals surface area contributed by atoms with E-state index in [1.54, 1.807) is 6.07 Å². The molecule has 0 aliphatic heterocycles. The highest BCUT2D eigenvalue weighted by molar-refractivity contribution is 7.16. The molecule has 4 heteroatoms. The van der Waals surface area contributed by atoms with Crippen molar-refractivity contribution in [2.75, 3.05) is 0 Å². The summed E-state index contributed by atoms with van der Waals surface area (Å²) in [4.78, 5) is 12.7. The minimum absolute atomic E-state index is 0.119. The number of thiophene rings is 1. The highest BCUT2D eigenvalue weighted by Gasteiger charge is 2.31. The van der Waals surface area contributed by atoms with Crippen LogP contribution in [0.3, 0.4) is 0 Å². The third-order valence-electron chi connectivity index (χ3n) is 2.65. The monoisotopic (exact) mass is 246 g/mol. The number of rotatable bonds is 5. The first kappa shape index (κ1) is 12.7. The molecule has 1 aromatic rings. The summed E-state index contributed by atoms with van der Waals surface area (Å²) in [5.74, 6) is -0.119. The van der Waals surface area contributed by atoms with Crippen LogP contribution in [-0.4, -0.2) is 16.5 Å². The van der Waals surface area contributed by atoms with E-state index in [4.69, 9.17) is 11.6 Å². The fourth-order valence-corrected chi connectivity index (χ4v) is 2.50. The lowest BCUT2D eigenvalue weighted by atomic mass is 9.90. The van der Waals surface area contributed by atoms with Crippen molar-refractivity contribution < 1.29 is 9.90 Å². The first-order chi connectivity index (χ1) is 7.01. The molecule has 0 spiro atoms. The van der Waals surface area contributed by atoms with Gasteiger partial charge in [0.25, 0.3) is 0 Å². The molecule has 0 aromatic carbocycles. The molecule has 0 aliphatic carbocycles. The summed E-state index contributed by atoms with van der Waals surface area (Å²) in [6.07, 6.45) is 1.19. The Morgan fingerprint density at radius 3 is 2.47 bits per heavy atom. The Labute approximate surface area is 98.9 Å². The molecule has 1 rings (SSSR count). The van der Waals surface area contributed by atoms with Gasteiger partial charge in [-0.1, -0.05) is 25.4 Å². The minimum Gasteiger partial charge on any atom is -0.382 e. The van der Waals surface area contributed by atoms with Crippen LogP contribution in [0.1, 0.15) is 31.6 Å². The van der Waals surface area contributed by atoms with Gasteiger partial charge in [-0.15, -0.1) is 11.3 Å². The SMILES string of the molecule is CCC(O)(CC)C(=O)Cc1ccc(Cl)s1. The quantitative estimate of drug-likeness (QED) is 0.867. The molecular weight excluding hydrogens is 232 g/mol. The van der Waals surface area contributed by atoms with Gasteiger partial charge in [0.1, 0.15) is 5.60 Å². The molecule has 0 radical (unpaired) electrons. The largest absolute Gasteiger partial charge is 0.382 e. The maximum atomic E-state index is 11.8. The predicted molar refractivity (Wildman–Crippen MR) is 63.6 cm³/mol. The normalized spacial score (nSPS) is 11.7. The van der Waals surface area contributed by atoms with Gasteiger partial charge in [-0.3, -0.25) is 4.79 Å². The Morgan fingerprint density at radius 1 is 1.47 bits per heavy atom. The van der Waals surface area contributed by atoms with Crippen LogP contribution in [0, 0.1) is 0 Å². The van der Waals surface area contributed by atoms with Crippen LogP contribution in [0.25, 0.3) is 0 Å². The van der Waals surface area contributed by atoms with E-state index in [1.807, 2.05) is 19.9 Å². The molecule has 0 unspecified atom stereocenters. The van der Waals surface area contributed by atoms with Crippen LogP contribution in [0.4, 0.5) is 0 Å². The number of halogens is 1. The van der Waals surface area contributed by atoms with E-state index in [1.165, 1.54) is 11.3 Å². The molecular formula is C11H15ClO2S. The van der Waals surface area contributed by atoms with Crippen LogP contribution in [0.5, 0.6) is 0 Å². The molecule has 0 fully saturated rings. The van der Waals surface area contributed by atoms with Crippen LogP contribution in [-0.2, 0) is 11.2 Å². The summed E-state index contributed by atoms with van der Waals surface area (Å²) in [6, 6.07) is 3.60. The van der Waals surface area contributed by atoms with Gasteiger partial charge in [0, 0.05) is 11.3 Å². The number of ketones is 1. The third-order valence-corrected chi connectivity index (χ3v) is 3.88. The van der Waals surface area contributed by atoms with Gasteiger partial charge in [-0.25, -0.2) is 0 Å². The Kier molecular flexibility index (Phi) is 4.32. The van der Waals surface area contributed by atoms with Crippen LogP contribution in [0.2, 0.25) is 4.34 Å². The topological polar surface area (TPSA) is 37.3 Å². The van der Waals surface area contributed by atoms with Crippen LogP contribution in [0.15, 0.2) is 12.1 Å². The lowest BCUT2D eigenvalue weighted by molar-refractivity contribution is -0.137. The van der Waals surface area contributed by atoms with Gasteiger partial charge in [-0.2, -0.15) is 0 Å². The van der Waals surface area contributed by atoms with E-state index >= 15 is 0 Å². The number of carbonyl (C=O) groups excluding carboxylic acids is 1. The standard InChI is InChI=1S/C11H15ClO2S/c1-3-11(14,4-2)9(13)7-8-5-6-10(12)15-8/h5-6,14H,3-4,7H2,1-2H3. The molecule has 0 amide bonds. The van der Waals surface area contributed by atoms with E-state index in [2.05, 4.69) is 0 Å². The summed E-state index contributed by atoms with van der Waals surface area (Å²) in [6.45, 7) is 3.64. The molecule has 1 heterocycles. The van der Waals surface area contributed by atoms with E-state index in [9.17, 15) is 9.90 Å². The molecule has 1 N–H and O–H groups in total. The van der Waals surface area contributed by atoms with Gasteiger partial charge in [-0.05, 0) is 25.0 Å². The maximum Gasteiger partial charge on any atom is 0.169 e. The second-order valence-corrected chi connectivity index (χ2v) is 5.34. The summed E-state index contributed by atoms with van der Waals surface area (Å²) in [5, 5.41) is 9.99. The molecule has 0 bridgehead atoms. The minimum atomic E-state index is -1.17. The lowest BCUT2D eigenvalue weighted by Gasteiger charge is -2.22. The predicted octanol–water partition coefficient (Wildman–Crippen LogP) is 3.06. The summed E-state index contributed by atoms with van der Waals surface area (Å²) in [7, 11) is 0. The zero-order chi connectivity index (χ0) is 11.5. The Morgan fingerprint density at radius 2 is 2.07 bits per heavy atom. The van der Waals surface area contributed by atoms with Crippen molar-refractivity contribution in [2.45, 2.75) is 38.7 Å². The van der Waals surface area contributed by atoms with Crippen molar-refractivity contribution in [3.63, 3.8) is 0 Å². The number of aliphatic hydroxyl groups is 1. The molecule has 0 aliphatic rings. The Bertz CT molecular complexity index is 342. The van der Waals surface area contributed by atoms with Gasteiger partial charge >= 0.3 is 0 Å². The van der Waals surface area contributed by atoms with Crippen molar-refractivity contribution in [3.8, 4) is 0 Å². The van der Waals surface area contributed by atoms with E-state index < -0.39 is 5.60 Å². The van der Waals surface area contributed by atoms with Gasteiger partial charge in [0.15, 0.2) is 5.78 Å². The van der Waals surface area contributed by atoms with E-state index in [0.29, 0.717) is 17.2 Å². The Balaban J connectivity index is 2.70. The molecule has 1 aromatic heterocycles. The zero-order valence-electron chi connectivity index (χ0n) is 8.92. The number of Topliss-reactive ketones (excluding diaryl/α,β-unsaturated/α-hetero) is 1. The average Bonchev–Trinajstić information content (AvgIpc) is 2.62. The summed E-state index contributed by atoms with van der Waals surface area (Å²) in [5.41, 5.74) is -1.17. The van der Waals surface area contributed by atoms with Crippen LogP contribution < -0.4 is 0 Å². The molecule has 2 nitrogen and oxygen atoms in total. The van der Waals surface area contributed by atoms with Crippen molar-refractivity contribution >= 4 is 28.7 Å². The van der Waals surface area contributed by atoms with Crippen LogP contribution >= 0.6 is 22.9 Å². The van der Waals surface area contributed by atoms with Crippen molar-refractivity contribution in [2.24, 2.45) is 0 Å². The lowest BCUT2D eigenvalue weighted by Crippen LogP contribution is -2.38. The number of hydrogen-bond donors (Lipinski definition) is 1.